The lowest BCUT2D eigenvalue weighted by atomic mass is 10.0. The van der Waals surface area contributed by atoms with Crippen molar-refractivity contribution in [3.8, 4) is 0 Å². The first-order chi connectivity index (χ1) is 8.15. The molecule has 0 aromatic rings. The minimum absolute atomic E-state index is 0.415. The van der Waals surface area contributed by atoms with E-state index in [-0.39, 0.29) is 0 Å². The number of hydrogen-bond acceptors (Lipinski definition) is 2. The van der Waals surface area contributed by atoms with Gasteiger partial charge < -0.3 is 9.84 Å². The lowest BCUT2D eigenvalue weighted by Crippen LogP contribution is -2.09. The molecule has 0 aromatic heterocycles. The first-order valence-corrected chi connectivity index (χ1v) is 6.65. The van der Waals surface area contributed by atoms with Gasteiger partial charge in [-0.3, -0.25) is 0 Å². The van der Waals surface area contributed by atoms with Crippen LogP contribution >= 0.6 is 0 Å². The molecule has 3 heteroatoms. The minimum Gasteiger partial charge on any atom is -0.478 e. The monoisotopic (exact) mass is 242 g/mol. The number of rotatable bonds is 10. The highest BCUT2D eigenvalue weighted by Gasteiger charge is 2.06. The molecule has 0 rings (SSSR count). The maximum Gasteiger partial charge on any atom is 0.331 e. The lowest BCUT2D eigenvalue weighted by molar-refractivity contribution is -0.132. The molecule has 0 fully saturated rings. The Morgan fingerprint density at radius 1 is 1.35 bits per heavy atom. The molecule has 17 heavy (non-hydrogen) atoms. The SMILES string of the molecule is CCCCC(CC)COCC=C(CC)C(=O)O. The van der Waals surface area contributed by atoms with Crippen molar-refractivity contribution in [3.05, 3.63) is 11.6 Å². The molecule has 100 valence electrons. The molecule has 1 unspecified atom stereocenters. The number of carboxylic acid groups (broad SMARTS) is 1. The maximum atomic E-state index is 10.7. The fraction of sp³-hybridized carbons (Fsp3) is 0.786. The van der Waals surface area contributed by atoms with Gasteiger partial charge in [0, 0.05) is 12.2 Å². The van der Waals surface area contributed by atoms with Crippen molar-refractivity contribution >= 4 is 5.97 Å². The Kier molecular flexibility index (Phi) is 9.83. The van der Waals surface area contributed by atoms with Gasteiger partial charge in [-0.05, 0) is 24.8 Å². The Bertz CT molecular complexity index is 234. The fourth-order valence-electron chi connectivity index (χ4n) is 1.68. The molecule has 0 saturated heterocycles. The molecular weight excluding hydrogens is 216 g/mol. The van der Waals surface area contributed by atoms with Crippen molar-refractivity contribution in [1.82, 2.24) is 0 Å². The first kappa shape index (κ1) is 16.2. The summed E-state index contributed by atoms with van der Waals surface area (Å²) in [5, 5.41) is 8.82. The summed E-state index contributed by atoms with van der Waals surface area (Å²) in [5.74, 6) is -0.229. The molecule has 0 aliphatic rings. The topological polar surface area (TPSA) is 46.5 Å². The van der Waals surface area contributed by atoms with Gasteiger partial charge in [-0.2, -0.15) is 0 Å². The summed E-state index contributed by atoms with van der Waals surface area (Å²) in [6, 6.07) is 0. The van der Waals surface area contributed by atoms with Crippen LogP contribution in [0.4, 0.5) is 0 Å². The van der Waals surface area contributed by atoms with Crippen molar-refractivity contribution in [3.63, 3.8) is 0 Å². The van der Waals surface area contributed by atoms with Gasteiger partial charge in [0.1, 0.15) is 0 Å². The van der Waals surface area contributed by atoms with Crippen molar-refractivity contribution in [1.29, 1.82) is 0 Å². The molecule has 0 saturated carbocycles. The molecule has 1 atom stereocenters. The third-order valence-electron chi connectivity index (χ3n) is 3.00. The average Bonchev–Trinajstić information content (AvgIpc) is 2.32. The van der Waals surface area contributed by atoms with Gasteiger partial charge in [-0.1, -0.05) is 40.0 Å². The van der Waals surface area contributed by atoms with Crippen LogP contribution in [0, 0.1) is 5.92 Å². The second-order valence-electron chi connectivity index (χ2n) is 4.34. The maximum absolute atomic E-state index is 10.7. The van der Waals surface area contributed by atoms with Crippen LogP contribution in [0.25, 0.3) is 0 Å². The molecule has 0 spiro atoms. The van der Waals surface area contributed by atoms with Crippen molar-refractivity contribution in [2.24, 2.45) is 5.92 Å². The quantitative estimate of drug-likeness (QED) is 0.470. The van der Waals surface area contributed by atoms with Gasteiger partial charge >= 0.3 is 5.97 Å². The largest absolute Gasteiger partial charge is 0.478 e. The number of unbranched alkanes of at least 4 members (excludes halogenated alkanes) is 1. The van der Waals surface area contributed by atoms with Crippen LogP contribution in [-0.4, -0.2) is 24.3 Å². The van der Waals surface area contributed by atoms with E-state index in [9.17, 15) is 4.79 Å². The van der Waals surface area contributed by atoms with Gasteiger partial charge in [0.05, 0.1) is 6.61 Å². The van der Waals surface area contributed by atoms with Gasteiger partial charge in [0.15, 0.2) is 0 Å². The van der Waals surface area contributed by atoms with E-state index >= 15 is 0 Å². The number of carboxylic acids is 1. The van der Waals surface area contributed by atoms with E-state index in [1.54, 1.807) is 6.08 Å². The summed E-state index contributed by atoms with van der Waals surface area (Å²) in [7, 11) is 0. The van der Waals surface area contributed by atoms with Crippen LogP contribution in [0.1, 0.15) is 52.9 Å². The Morgan fingerprint density at radius 2 is 2.06 bits per heavy atom. The van der Waals surface area contributed by atoms with Crippen LogP contribution in [-0.2, 0) is 9.53 Å². The second-order valence-corrected chi connectivity index (χ2v) is 4.34. The van der Waals surface area contributed by atoms with Gasteiger partial charge in [0.25, 0.3) is 0 Å². The number of ether oxygens (including phenoxy) is 1. The van der Waals surface area contributed by atoms with Crippen LogP contribution in [0.15, 0.2) is 11.6 Å². The zero-order valence-corrected chi connectivity index (χ0v) is 11.4. The number of aliphatic carboxylic acids is 1. The second kappa shape index (κ2) is 10.3. The Balaban J connectivity index is 3.84. The molecule has 0 heterocycles. The smallest absolute Gasteiger partial charge is 0.331 e. The highest BCUT2D eigenvalue weighted by molar-refractivity contribution is 5.86. The summed E-state index contributed by atoms with van der Waals surface area (Å²) >= 11 is 0. The van der Waals surface area contributed by atoms with Gasteiger partial charge in [-0.25, -0.2) is 4.79 Å². The summed E-state index contributed by atoms with van der Waals surface area (Å²) in [6.45, 7) is 7.36. The van der Waals surface area contributed by atoms with Gasteiger partial charge in [0.2, 0.25) is 0 Å². The fourth-order valence-corrected chi connectivity index (χ4v) is 1.68. The number of carbonyl (C=O) groups is 1. The van der Waals surface area contributed by atoms with Crippen LogP contribution in [0.3, 0.4) is 0 Å². The van der Waals surface area contributed by atoms with Crippen molar-refractivity contribution in [2.45, 2.75) is 52.9 Å². The summed E-state index contributed by atoms with van der Waals surface area (Å²) in [5.41, 5.74) is 0.437. The first-order valence-electron chi connectivity index (χ1n) is 6.65. The summed E-state index contributed by atoms with van der Waals surface area (Å²) in [6.07, 6.45) is 7.02. The highest BCUT2D eigenvalue weighted by Crippen LogP contribution is 2.12. The van der Waals surface area contributed by atoms with Crippen LogP contribution in [0.2, 0.25) is 0 Å². The van der Waals surface area contributed by atoms with Crippen LogP contribution in [0.5, 0.6) is 0 Å². The van der Waals surface area contributed by atoms with Gasteiger partial charge in [-0.15, -0.1) is 0 Å². The normalized spacial score (nSPS) is 13.7. The molecule has 0 aliphatic carbocycles. The molecule has 3 nitrogen and oxygen atoms in total. The third-order valence-corrected chi connectivity index (χ3v) is 3.00. The zero-order valence-electron chi connectivity index (χ0n) is 11.4. The third kappa shape index (κ3) is 7.97. The van der Waals surface area contributed by atoms with E-state index in [2.05, 4.69) is 13.8 Å². The standard InChI is InChI=1S/C14H26O3/c1-4-7-8-12(5-2)11-17-10-9-13(6-3)14(15)16/h9,12H,4-8,10-11H2,1-3H3,(H,15,16). The molecule has 0 aliphatic heterocycles. The molecule has 0 aromatic carbocycles. The van der Waals surface area contributed by atoms with E-state index in [1.807, 2.05) is 6.92 Å². The zero-order chi connectivity index (χ0) is 13.1. The Labute approximate surface area is 105 Å². The summed E-state index contributed by atoms with van der Waals surface area (Å²) < 4.78 is 5.53. The molecule has 1 N–H and O–H groups in total. The Morgan fingerprint density at radius 3 is 2.53 bits per heavy atom. The lowest BCUT2D eigenvalue weighted by Gasteiger charge is -2.13. The average molecular weight is 242 g/mol. The van der Waals surface area contributed by atoms with E-state index in [4.69, 9.17) is 9.84 Å². The predicted octanol–water partition coefficient (Wildman–Crippen LogP) is 3.64. The molecule has 0 amide bonds. The highest BCUT2D eigenvalue weighted by atomic mass is 16.5. The van der Waals surface area contributed by atoms with Crippen molar-refractivity contribution in [2.75, 3.05) is 13.2 Å². The van der Waals surface area contributed by atoms with Crippen molar-refractivity contribution < 1.29 is 14.6 Å². The van der Waals surface area contributed by atoms with E-state index < -0.39 is 5.97 Å². The number of hydrogen-bond donors (Lipinski definition) is 1. The molecule has 0 radical (unpaired) electrons. The Hall–Kier alpha value is -0.830. The van der Waals surface area contributed by atoms with E-state index in [0.717, 1.165) is 13.0 Å². The van der Waals surface area contributed by atoms with Crippen LogP contribution < -0.4 is 0 Å². The van der Waals surface area contributed by atoms with E-state index in [1.165, 1.54) is 19.3 Å². The summed E-state index contributed by atoms with van der Waals surface area (Å²) in [4.78, 5) is 10.7. The molecule has 0 bridgehead atoms. The van der Waals surface area contributed by atoms with E-state index in [0.29, 0.717) is 24.5 Å². The predicted molar refractivity (Wildman–Crippen MR) is 70.1 cm³/mol. The molecular formula is C14H26O3. The minimum atomic E-state index is -0.839.